The van der Waals surface area contributed by atoms with Crippen molar-refractivity contribution in [2.75, 3.05) is 24.7 Å². The van der Waals surface area contributed by atoms with Crippen LogP contribution in [0.15, 0.2) is 18.2 Å². The average Bonchev–Trinajstić information content (AvgIpc) is 2.83. The number of urea groups is 1. The molecule has 2 aliphatic rings. The Kier molecular flexibility index (Phi) is 6.20. The summed E-state index contributed by atoms with van der Waals surface area (Å²) in [7, 11) is 1.50. The van der Waals surface area contributed by atoms with Gasteiger partial charge in [0.2, 0.25) is 5.91 Å². The summed E-state index contributed by atoms with van der Waals surface area (Å²) in [5.41, 5.74) is 5.82. The van der Waals surface area contributed by atoms with E-state index < -0.39 is 17.5 Å². The molecule has 1 spiro atoms. The summed E-state index contributed by atoms with van der Waals surface area (Å²) in [4.78, 5) is 38.5. The highest BCUT2D eigenvalue weighted by molar-refractivity contribution is 6.10. The summed E-state index contributed by atoms with van der Waals surface area (Å²) >= 11 is 0. The van der Waals surface area contributed by atoms with Crippen LogP contribution in [0.25, 0.3) is 0 Å². The van der Waals surface area contributed by atoms with Gasteiger partial charge in [-0.25, -0.2) is 4.79 Å². The van der Waals surface area contributed by atoms with E-state index in [1.807, 2.05) is 6.92 Å². The lowest BCUT2D eigenvalue weighted by atomic mass is 9.73. The van der Waals surface area contributed by atoms with Crippen LogP contribution in [0.5, 0.6) is 5.75 Å². The number of benzene rings is 1. The van der Waals surface area contributed by atoms with Gasteiger partial charge in [0.1, 0.15) is 17.8 Å². The van der Waals surface area contributed by atoms with E-state index in [9.17, 15) is 14.4 Å². The monoisotopic (exact) mass is 396 g/mol. The second-order valence-corrected chi connectivity index (χ2v) is 6.94. The van der Waals surface area contributed by atoms with Crippen LogP contribution in [0.1, 0.15) is 32.6 Å². The van der Waals surface area contributed by atoms with Crippen LogP contribution in [0, 0.1) is 5.92 Å². The summed E-state index contributed by atoms with van der Waals surface area (Å²) in [6.07, 6.45) is 3.44. The molecule has 4 amide bonds. The zero-order valence-corrected chi connectivity index (χ0v) is 16.2. The van der Waals surface area contributed by atoms with Gasteiger partial charge in [0.05, 0.1) is 12.8 Å². The molecule has 2 atom stereocenters. The molecule has 1 aromatic carbocycles. The molecule has 8 nitrogen and oxygen atoms in total. The zero-order chi connectivity index (χ0) is 18.9. The highest BCUT2D eigenvalue weighted by Gasteiger charge is 2.55. The first-order chi connectivity index (χ1) is 12.4. The van der Waals surface area contributed by atoms with Crippen molar-refractivity contribution in [3.05, 3.63) is 18.2 Å². The van der Waals surface area contributed by atoms with Crippen molar-refractivity contribution in [1.82, 2.24) is 10.2 Å². The van der Waals surface area contributed by atoms with Crippen molar-refractivity contribution in [2.45, 2.75) is 38.1 Å². The third kappa shape index (κ3) is 3.80. The lowest BCUT2D eigenvalue weighted by molar-refractivity contribution is -0.136. The Morgan fingerprint density at radius 3 is 2.78 bits per heavy atom. The highest BCUT2D eigenvalue weighted by atomic mass is 35.5. The number of nitrogens with zero attached hydrogens (tertiary/aromatic N) is 1. The number of nitrogens with two attached hydrogens (primary N) is 1. The van der Waals surface area contributed by atoms with E-state index in [0.717, 1.165) is 24.2 Å². The highest BCUT2D eigenvalue weighted by Crippen LogP contribution is 2.38. The third-order valence-corrected chi connectivity index (χ3v) is 5.32. The maximum absolute atomic E-state index is 12.9. The number of nitrogen functional groups attached to an aromatic ring is 1. The third-order valence-electron chi connectivity index (χ3n) is 5.32. The van der Waals surface area contributed by atoms with Crippen LogP contribution >= 0.6 is 12.4 Å². The van der Waals surface area contributed by atoms with E-state index in [1.165, 1.54) is 7.11 Å². The molecule has 0 aromatic heterocycles. The van der Waals surface area contributed by atoms with Crippen molar-refractivity contribution in [3.8, 4) is 5.75 Å². The van der Waals surface area contributed by atoms with Gasteiger partial charge in [0.15, 0.2) is 0 Å². The molecular formula is C18H25ClN4O4. The number of amides is 4. The molecule has 27 heavy (non-hydrogen) atoms. The lowest BCUT2D eigenvalue weighted by Gasteiger charge is -2.36. The first-order valence-electron chi connectivity index (χ1n) is 8.75. The number of hydrogen-bond acceptors (Lipinski definition) is 5. The summed E-state index contributed by atoms with van der Waals surface area (Å²) < 4.78 is 5.07. The van der Waals surface area contributed by atoms with Crippen LogP contribution in [0.2, 0.25) is 0 Å². The van der Waals surface area contributed by atoms with Gasteiger partial charge in [-0.1, -0.05) is 19.8 Å². The molecule has 0 radical (unpaired) electrons. The number of ether oxygens (including phenoxy) is 1. The molecule has 2 fully saturated rings. The zero-order valence-electron chi connectivity index (χ0n) is 15.4. The molecule has 1 aliphatic heterocycles. The van der Waals surface area contributed by atoms with Crippen LogP contribution in [0.4, 0.5) is 16.2 Å². The molecular weight excluding hydrogens is 372 g/mol. The van der Waals surface area contributed by atoms with E-state index in [2.05, 4.69) is 10.6 Å². The van der Waals surface area contributed by atoms with Gasteiger partial charge in [-0.2, -0.15) is 0 Å². The Balaban J connectivity index is 0.00000261. The van der Waals surface area contributed by atoms with Gasteiger partial charge in [0, 0.05) is 5.69 Å². The van der Waals surface area contributed by atoms with Crippen LogP contribution in [-0.2, 0) is 9.59 Å². The SMILES string of the molecule is COc1ccc(NC(=O)CN2C(=O)NC3(CCCCC3C)C2=O)cc1N.Cl. The van der Waals surface area contributed by atoms with Gasteiger partial charge in [-0.3, -0.25) is 14.5 Å². The lowest BCUT2D eigenvalue weighted by Crippen LogP contribution is -2.54. The van der Waals surface area contributed by atoms with Crippen LogP contribution in [0.3, 0.4) is 0 Å². The smallest absolute Gasteiger partial charge is 0.325 e. The molecule has 1 saturated heterocycles. The number of anilines is 2. The normalized spacial score (nSPS) is 24.4. The molecule has 1 saturated carbocycles. The van der Waals surface area contributed by atoms with Gasteiger partial charge < -0.3 is 21.1 Å². The first kappa shape index (κ1) is 20.8. The number of carbonyl (C=O) groups is 3. The molecule has 4 N–H and O–H groups in total. The van der Waals surface area contributed by atoms with E-state index in [-0.39, 0.29) is 30.8 Å². The van der Waals surface area contributed by atoms with Crippen molar-refractivity contribution in [1.29, 1.82) is 0 Å². The molecule has 2 unspecified atom stereocenters. The number of imide groups is 1. The Labute approximate surface area is 164 Å². The summed E-state index contributed by atoms with van der Waals surface area (Å²) in [6, 6.07) is 4.34. The molecule has 9 heteroatoms. The van der Waals surface area contributed by atoms with E-state index in [0.29, 0.717) is 23.5 Å². The minimum atomic E-state index is -0.861. The van der Waals surface area contributed by atoms with E-state index in [1.54, 1.807) is 18.2 Å². The molecule has 1 aromatic rings. The Bertz CT molecular complexity index is 757. The van der Waals surface area contributed by atoms with E-state index >= 15 is 0 Å². The largest absolute Gasteiger partial charge is 0.495 e. The van der Waals surface area contributed by atoms with Crippen molar-refractivity contribution in [2.24, 2.45) is 5.92 Å². The Morgan fingerprint density at radius 1 is 1.41 bits per heavy atom. The number of methoxy groups -OCH3 is 1. The predicted molar refractivity (Wildman–Crippen MR) is 104 cm³/mol. The van der Waals surface area contributed by atoms with Crippen molar-refractivity contribution >= 4 is 41.6 Å². The van der Waals surface area contributed by atoms with Gasteiger partial charge in [0.25, 0.3) is 5.91 Å². The van der Waals surface area contributed by atoms with E-state index in [4.69, 9.17) is 10.5 Å². The Morgan fingerprint density at radius 2 is 2.15 bits per heavy atom. The van der Waals surface area contributed by atoms with Gasteiger partial charge in [-0.15, -0.1) is 12.4 Å². The molecule has 0 bridgehead atoms. The fourth-order valence-corrected chi connectivity index (χ4v) is 3.80. The molecule has 148 valence electrons. The standard InChI is InChI=1S/C18H24N4O4.ClH/c1-11-5-3-4-8-18(11)16(24)22(17(25)21-18)10-15(23)20-12-6-7-14(26-2)13(19)9-12;/h6-7,9,11H,3-5,8,10,19H2,1-2H3,(H,20,23)(H,21,25);1H. The Hall–Kier alpha value is -2.48. The number of hydrogen-bond donors (Lipinski definition) is 3. The fraction of sp³-hybridized carbons (Fsp3) is 0.500. The maximum atomic E-state index is 12.9. The summed E-state index contributed by atoms with van der Waals surface area (Å²) in [5.74, 6) is -0.204. The van der Waals surface area contributed by atoms with Crippen molar-refractivity contribution in [3.63, 3.8) is 0 Å². The first-order valence-corrected chi connectivity index (χ1v) is 8.75. The number of halogens is 1. The minimum absolute atomic E-state index is 0. The second-order valence-electron chi connectivity index (χ2n) is 6.94. The quantitative estimate of drug-likeness (QED) is 0.533. The van der Waals surface area contributed by atoms with Crippen LogP contribution in [-0.4, -0.2) is 41.9 Å². The van der Waals surface area contributed by atoms with Crippen molar-refractivity contribution < 1.29 is 19.1 Å². The summed E-state index contributed by atoms with van der Waals surface area (Å²) in [6.45, 7) is 1.64. The average molecular weight is 397 g/mol. The maximum Gasteiger partial charge on any atom is 0.325 e. The van der Waals surface area contributed by atoms with Crippen LogP contribution < -0.4 is 21.1 Å². The second kappa shape index (κ2) is 8.04. The minimum Gasteiger partial charge on any atom is -0.495 e. The topological polar surface area (TPSA) is 114 Å². The number of carbonyl (C=O) groups excluding carboxylic acids is 3. The molecule has 1 heterocycles. The van der Waals surface area contributed by atoms with Gasteiger partial charge in [-0.05, 0) is 37.0 Å². The predicted octanol–water partition coefficient (Wildman–Crippen LogP) is 2.14. The summed E-state index contributed by atoms with van der Waals surface area (Å²) in [5, 5.41) is 5.49. The van der Waals surface area contributed by atoms with Gasteiger partial charge >= 0.3 is 6.03 Å². The number of rotatable bonds is 4. The number of nitrogens with one attached hydrogen (secondary N) is 2. The molecule has 3 rings (SSSR count). The fourth-order valence-electron chi connectivity index (χ4n) is 3.80. The molecule has 1 aliphatic carbocycles.